The van der Waals surface area contributed by atoms with Crippen molar-refractivity contribution in [3.05, 3.63) is 60.4 Å². The number of rotatable bonds is 8. The molecule has 0 atom stereocenters. The first-order chi connectivity index (χ1) is 18.0. The molecule has 0 aliphatic carbocycles. The summed E-state index contributed by atoms with van der Waals surface area (Å²) in [5.74, 6) is 0.821. The van der Waals surface area contributed by atoms with Crippen molar-refractivity contribution in [2.45, 2.75) is 93.8 Å². The predicted molar refractivity (Wildman–Crippen MR) is 151 cm³/mol. The second-order valence-electron chi connectivity index (χ2n) is 10.8. The molecule has 0 bridgehead atoms. The first kappa shape index (κ1) is 27.7. The van der Waals surface area contributed by atoms with E-state index in [-0.39, 0.29) is 5.92 Å². The average molecular weight is 525 g/mol. The minimum Gasteiger partial charge on any atom is -0.494 e. The summed E-state index contributed by atoms with van der Waals surface area (Å²) in [7, 11) is -3.65. The SMILES string of the molecule is CC(C)c1cn2ccccc2c1S(=O)(=O)c1ccc(OCCCN2CCCCCCCCCCC2)cc1. The Hall–Kier alpha value is -2.31. The molecular formula is C31H44N2O3S. The number of nitrogens with zero attached hydrogens (tertiary/aromatic N) is 2. The standard InChI is InChI=1S/C31H44N2O3S/c1-26(2)29-25-33-23-13-10-15-30(33)31(29)37(34,35)28-18-16-27(17-19-28)36-24-14-22-32-20-11-8-6-4-3-5-7-9-12-21-32/h10,13,15-19,23,25-26H,3-9,11-12,14,20-22,24H2,1-2H3. The van der Waals surface area contributed by atoms with Gasteiger partial charge in [0.1, 0.15) is 10.6 Å². The lowest BCUT2D eigenvalue weighted by Gasteiger charge is -2.23. The number of aromatic nitrogens is 1. The van der Waals surface area contributed by atoms with Gasteiger partial charge >= 0.3 is 0 Å². The highest BCUT2D eigenvalue weighted by atomic mass is 32.2. The zero-order valence-corrected chi connectivity index (χ0v) is 23.5. The van der Waals surface area contributed by atoms with E-state index in [4.69, 9.17) is 4.74 Å². The van der Waals surface area contributed by atoms with Gasteiger partial charge in [0, 0.05) is 18.9 Å². The fourth-order valence-corrected chi connectivity index (χ4v) is 7.15. The van der Waals surface area contributed by atoms with Crippen molar-refractivity contribution in [3.63, 3.8) is 0 Å². The van der Waals surface area contributed by atoms with Gasteiger partial charge in [0.15, 0.2) is 0 Å². The summed E-state index contributed by atoms with van der Waals surface area (Å²) in [6, 6.07) is 12.6. The summed E-state index contributed by atoms with van der Waals surface area (Å²) in [6.45, 7) is 8.16. The van der Waals surface area contributed by atoms with E-state index < -0.39 is 9.84 Å². The molecule has 0 radical (unpaired) electrons. The van der Waals surface area contributed by atoms with Crippen LogP contribution in [0.2, 0.25) is 0 Å². The van der Waals surface area contributed by atoms with Crippen molar-refractivity contribution in [2.24, 2.45) is 0 Å². The molecule has 5 nitrogen and oxygen atoms in total. The molecule has 2 aromatic heterocycles. The number of benzene rings is 1. The largest absolute Gasteiger partial charge is 0.494 e. The van der Waals surface area contributed by atoms with E-state index in [0.717, 1.165) is 24.3 Å². The third-order valence-electron chi connectivity index (χ3n) is 7.52. The minimum atomic E-state index is -3.65. The van der Waals surface area contributed by atoms with Crippen LogP contribution in [0, 0.1) is 0 Å². The Kier molecular flexibility index (Phi) is 10.1. The highest BCUT2D eigenvalue weighted by Crippen LogP contribution is 2.34. The van der Waals surface area contributed by atoms with Crippen LogP contribution in [0.25, 0.3) is 5.52 Å². The summed E-state index contributed by atoms with van der Waals surface area (Å²) in [5, 5.41) is 0. The third-order valence-corrected chi connectivity index (χ3v) is 9.40. The van der Waals surface area contributed by atoms with Crippen molar-refractivity contribution in [1.82, 2.24) is 9.30 Å². The van der Waals surface area contributed by atoms with Crippen molar-refractivity contribution >= 4 is 15.4 Å². The van der Waals surface area contributed by atoms with E-state index in [2.05, 4.69) is 4.90 Å². The molecule has 1 fully saturated rings. The Morgan fingerprint density at radius 2 is 1.46 bits per heavy atom. The number of hydrogen-bond donors (Lipinski definition) is 0. The van der Waals surface area contributed by atoms with Crippen LogP contribution >= 0.6 is 0 Å². The zero-order valence-electron chi connectivity index (χ0n) is 22.7. The Bertz CT molecular complexity index is 1200. The van der Waals surface area contributed by atoms with E-state index in [0.29, 0.717) is 21.9 Å². The summed E-state index contributed by atoms with van der Waals surface area (Å²) in [6.07, 6.45) is 17.1. The minimum absolute atomic E-state index is 0.101. The van der Waals surface area contributed by atoms with Crippen molar-refractivity contribution in [3.8, 4) is 5.75 Å². The fourth-order valence-electron chi connectivity index (χ4n) is 5.38. The lowest BCUT2D eigenvalue weighted by molar-refractivity contribution is 0.225. The molecule has 202 valence electrons. The summed E-state index contributed by atoms with van der Waals surface area (Å²) in [5.41, 5.74) is 1.56. The van der Waals surface area contributed by atoms with Crippen LogP contribution in [0.15, 0.2) is 64.6 Å². The van der Waals surface area contributed by atoms with Gasteiger partial charge in [-0.1, -0.05) is 64.9 Å². The van der Waals surface area contributed by atoms with Crippen LogP contribution in [0.5, 0.6) is 5.75 Å². The topological polar surface area (TPSA) is 51.0 Å². The van der Waals surface area contributed by atoms with Crippen LogP contribution in [-0.4, -0.2) is 44.0 Å². The molecule has 0 spiro atoms. The fraction of sp³-hybridized carbons (Fsp3) is 0.548. The van der Waals surface area contributed by atoms with Gasteiger partial charge in [-0.15, -0.1) is 0 Å². The third kappa shape index (κ3) is 7.38. The lowest BCUT2D eigenvalue weighted by Crippen LogP contribution is -2.28. The van der Waals surface area contributed by atoms with E-state index in [1.165, 1.54) is 70.9 Å². The highest BCUT2D eigenvalue weighted by Gasteiger charge is 2.27. The van der Waals surface area contributed by atoms with E-state index in [1.807, 2.05) is 48.8 Å². The quantitative estimate of drug-likeness (QED) is 0.286. The molecule has 6 heteroatoms. The second-order valence-corrected chi connectivity index (χ2v) is 12.6. The Labute approximate surface area is 223 Å². The van der Waals surface area contributed by atoms with Gasteiger partial charge in [-0.3, -0.25) is 0 Å². The monoisotopic (exact) mass is 524 g/mol. The van der Waals surface area contributed by atoms with Crippen molar-refractivity contribution in [1.29, 1.82) is 0 Å². The van der Waals surface area contributed by atoms with Crippen molar-refractivity contribution in [2.75, 3.05) is 26.2 Å². The second kappa shape index (κ2) is 13.5. The molecule has 0 N–H and O–H groups in total. The van der Waals surface area contributed by atoms with Crippen LogP contribution in [0.3, 0.4) is 0 Å². The summed E-state index contributed by atoms with van der Waals surface area (Å²) in [4.78, 5) is 3.32. The van der Waals surface area contributed by atoms with Crippen LogP contribution in [0.4, 0.5) is 0 Å². The van der Waals surface area contributed by atoms with Crippen LogP contribution in [-0.2, 0) is 9.84 Å². The highest BCUT2D eigenvalue weighted by molar-refractivity contribution is 7.91. The molecule has 0 saturated carbocycles. The maximum absolute atomic E-state index is 13.7. The van der Waals surface area contributed by atoms with Gasteiger partial charge in [0.05, 0.1) is 17.0 Å². The normalized spacial score (nSPS) is 16.9. The molecule has 0 amide bonds. The lowest BCUT2D eigenvalue weighted by atomic mass is 10.1. The molecular weight excluding hydrogens is 480 g/mol. The number of hydrogen-bond acceptors (Lipinski definition) is 4. The Morgan fingerprint density at radius 1 is 0.838 bits per heavy atom. The molecule has 0 unspecified atom stereocenters. The number of sulfone groups is 1. The maximum atomic E-state index is 13.7. The predicted octanol–water partition coefficient (Wildman–Crippen LogP) is 7.49. The average Bonchev–Trinajstić information content (AvgIpc) is 3.29. The zero-order chi connectivity index (χ0) is 26.1. The Balaban J connectivity index is 1.34. The molecule has 37 heavy (non-hydrogen) atoms. The molecule has 1 aromatic carbocycles. The molecule has 1 aliphatic rings. The van der Waals surface area contributed by atoms with E-state index in [1.54, 1.807) is 24.3 Å². The van der Waals surface area contributed by atoms with Gasteiger partial charge in [0.25, 0.3) is 0 Å². The molecule has 1 aliphatic heterocycles. The molecule has 4 rings (SSSR count). The first-order valence-corrected chi connectivity index (χ1v) is 15.7. The van der Waals surface area contributed by atoms with Gasteiger partial charge in [0.2, 0.25) is 9.84 Å². The smallest absolute Gasteiger partial charge is 0.209 e. The van der Waals surface area contributed by atoms with Crippen LogP contribution < -0.4 is 4.74 Å². The van der Waals surface area contributed by atoms with E-state index in [9.17, 15) is 8.42 Å². The van der Waals surface area contributed by atoms with Gasteiger partial charge in [-0.05, 0) is 80.2 Å². The number of pyridine rings is 1. The Morgan fingerprint density at radius 3 is 2.08 bits per heavy atom. The van der Waals surface area contributed by atoms with Crippen LogP contribution in [0.1, 0.15) is 89.5 Å². The summed E-state index contributed by atoms with van der Waals surface area (Å²) >= 11 is 0. The summed E-state index contributed by atoms with van der Waals surface area (Å²) < 4.78 is 35.2. The molecule has 1 saturated heterocycles. The van der Waals surface area contributed by atoms with Gasteiger partial charge < -0.3 is 14.0 Å². The number of ether oxygens (including phenoxy) is 1. The van der Waals surface area contributed by atoms with Gasteiger partial charge in [-0.2, -0.15) is 0 Å². The molecule has 3 heterocycles. The van der Waals surface area contributed by atoms with Crippen molar-refractivity contribution < 1.29 is 13.2 Å². The number of fused-ring (bicyclic) bond motifs is 1. The molecule has 3 aromatic rings. The van der Waals surface area contributed by atoms with E-state index >= 15 is 0 Å². The maximum Gasteiger partial charge on any atom is 0.209 e. The van der Waals surface area contributed by atoms with Gasteiger partial charge in [-0.25, -0.2) is 8.42 Å². The first-order valence-electron chi connectivity index (χ1n) is 14.3.